The van der Waals surface area contributed by atoms with E-state index in [2.05, 4.69) is 18.7 Å². The average Bonchev–Trinajstić information content (AvgIpc) is 2.74. The molecule has 2 rings (SSSR count). The molecule has 2 heteroatoms. The molecule has 17 heavy (non-hydrogen) atoms. The fraction of sp³-hybridized carbons (Fsp3) is 1.00. The first kappa shape index (κ1) is 13.4. The van der Waals surface area contributed by atoms with Gasteiger partial charge in [0.2, 0.25) is 0 Å². The topological polar surface area (TPSA) is 29.3 Å². The van der Waals surface area contributed by atoms with Crippen molar-refractivity contribution in [1.29, 1.82) is 0 Å². The smallest absolute Gasteiger partial charge is 0.0337 e. The summed E-state index contributed by atoms with van der Waals surface area (Å²) in [7, 11) is 0. The molecule has 100 valence electrons. The molecule has 2 nitrogen and oxygen atoms in total. The van der Waals surface area contributed by atoms with Gasteiger partial charge in [-0.05, 0) is 44.6 Å². The van der Waals surface area contributed by atoms with E-state index in [1.54, 1.807) is 0 Å². The summed E-state index contributed by atoms with van der Waals surface area (Å²) in [6.07, 6.45) is 11.1. The quantitative estimate of drug-likeness (QED) is 0.815. The summed E-state index contributed by atoms with van der Waals surface area (Å²) >= 11 is 0. The van der Waals surface area contributed by atoms with Crippen LogP contribution in [0.4, 0.5) is 0 Å². The fourth-order valence-corrected chi connectivity index (χ4v) is 4.30. The van der Waals surface area contributed by atoms with Crippen molar-refractivity contribution in [3.8, 4) is 0 Å². The molecule has 0 aromatic carbocycles. The molecule has 0 amide bonds. The van der Waals surface area contributed by atoms with Crippen LogP contribution in [0.1, 0.15) is 65.2 Å². The summed E-state index contributed by atoms with van der Waals surface area (Å²) in [6.45, 7) is 6.78. The molecule has 0 spiro atoms. The zero-order valence-electron chi connectivity index (χ0n) is 11.8. The molecule has 2 N–H and O–H groups in total. The third-order valence-corrected chi connectivity index (χ3v) is 5.18. The molecule has 0 heterocycles. The standard InChI is InChI=1S/C15H30N2/c1-3-17(14-7-5-4-6-8-14)15(12-16)10-9-13(2)11-15/h13-14H,3-12,16H2,1-2H3. The van der Waals surface area contributed by atoms with Crippen LogP contribution in [0, 0.1) is 5.92 Å². The lowest BCUT2D eigenvalue weighted by atomic mass is 9.87. The maximum atomic E-state index is 6.17. The second-order valence-corrected chi connectivity index (χ2v) is 6.35. The lowest BCUT2D eigenvalue weighted by Gasteiger charge is -2.46. The van der Waals surface area contributed by atoms with Crippen molar-refractivity contribution < 1.29 is 0 Å². The van der Waals surface area contributed by atoms with Crippen LogP contribution in [0.25, 0.3) is 0 Å². The molecule has 0 bridgehead atoms. The van der Waals surface area contributed by atoms with Gasteiger partial charge in [-0.25, -0.2) is 0 Å². The first-order valence-corrected chi connectivity index (χ1v) is 7.68. The Kier molecular flexibility index (Phi) is 4.48. The molecule has 2 aliphatic carbocycles. The largest absolute Gasteiger partial charge is 0.329 e. The molecular formula is C15H30N2. The summed E-state index contributed by atoms with van der Waals surface area (Å²) in [5.41, 5.74) is 6.52. The maximum absolute atomic E-state index is 6.17. The normalized spacial score (nSPS) is 35.6. The summed E-state index contributed by atoms with van der Waals surface area (Å²) in [5, 5.41) is 0. The van der Waals surface area contributed by atoms with Gasteiger partial charge in [-0.3, -0.25) is 4.90 Å². The van der Waals surface area contributed by atoms with E-state index in [9.17, 15) is 0 Å². The Labute approximate surface area is 107 Å². The minimum atomic E-state index is 0.343. The van der Waals surface area contributed by atoms with Crippen LogP contribution in [0.2, 0.25) is 0 Å². The van der Waals surface area contributed by atoms with E-state index in [0.29, 0.717) is 5.54 Å². The van der Waals surface area contributed by atoms with Gasteiger partial charge in [0.25, 0.3) is 0 Å². The number of hydrogen-bond donors (Lipinski definition) is 1. The average molecular weight is 238 g/mol. The Bertz CT molecular complexity index is 235. The number of nitrogens with zero attached hydrogens (tertiary/aromatic N) is 1. The Morgan fingerprint density at radius 3 is 2.35 bits per heavy atom. The summed E-state index contributed by atoms with van der Waals surface area (Å²) in [4.78, 5) is 2.79. The molecule has 0 aliphatic heterocycles. The van der Waals surface area contributed by atoms with Gasteiger partial charge in [0, 0.05) is 18.1 Å². The predicted molar refractivity (Wildman–Crippen MR) is 74.1 cm³/mol. The Morgan fingerprint density at radius 2 is 1.88 bits per heavy atom. The van der Waals surface area contributed by atoms with Gasteiger partial charge in [-0.1, -0.05) is 33.1 Å². The molecule has 0 aromatic rings. The van der Waals surface area contributed by atoms with Crippen LogP contribution in [0.5, 0.6) is 0 Å². The van der Waals surface area contributed by atoms with Gasteiger partial charge >= 0.3 is 0 Å². The molecule has 2 saturated carbocycles. The van der Waals surface area contributed by atoms with Gasteiger partial charge in [-0.15, -0.1) is 0 Å². The zero-order chi connectivity index (χ0) is 12.3. The van der Waals surface area contributed by atoms with E-state index in [-0.39, 0.29) is 0 Å². The molecule has 2 aliphatic rings. The van der Waals surface area contributed by atoms with E-state index in [4.69, 9.17) is 5.73 Å². The molecule has 0 aromatic heterocycles. The van der Waals surface area contributed by atoms with Crippen molar-refractivity contribution in [2.24, 2.45) is 11.7 Å². The number of hydrogen-bond acceptors (Lipinski definition) is 2. The van der Waals surface area contributed by atoms with Crippen molar-refractivity contribution in [3.63, 3.8) is 0 Å². The van der Waals surface area contributed by atoms with E-state index in [1.807, 2.05) is 0 Å². The number of nitrogens with two attached hydrogens (primary N) is 1. The van der Waals surface area contributed by atoms with Gasteiger partial charge < -0.3 is 5.73 Å². The van der Waals surface area contributed by atoms with Gasteiger partial charge in [0.05, 0.1) is 0 Å². The summed E-state index contributed by atoms with van der Waals surface area (Å²) in [6, 6.07) is 0.822. The molecule has 2 atom stereocenters. The van der Waals surface area contributed by atoms with Crippen LogP contribution < -0.4 is 5.73 Å². The Hall–Kier alpha value is -0.0800. The predicted octanol–water partition coefficient (Wildman–Crippen LogP) is 3.16. The fourth-order valence-electron chi connectivity index (χ4n) is 4.30. The van der Waals surface area contributed by atoms with E-state index in [0.717, 1.165) is 18.5 Å². The molecule has 2 fully saturated rings. The molecule has 2 unspecified atom stereocenters. The van der Waals surface area contributed by atoms with Crippen LogP contribution >= 0.6 is 0 Å². The minimum Gasteiger partial charge on any atom is -0.329 e. The lowest BCUT2D eigenvalue weighted by Crippen LogP contribution is -2.56. The van der Waals surface area contributed by atoms with Crippen LogP contribution in [0.15, 0.2) is 0 Å². The van der Waals surface area contributed by atoms with Crippen LogP contribution in [-0.2, 0) is 0 Å². The van der Waals surface area contributed by atoms with Crippen molar-refractivity contribution >= 4 is 0 Å². The SMILES string of the molecule is CCN(C1CCCCC1)C1(CN)CCC(C)C1. The van der Waals surface area contributed by atoms with Crippen molar-refractivity contribution in [1.82, 2.24) is 4.90 Å². The summed E-state index contributed by atoms with van der Waals surface area (Å²) < 4.78 is 0. The number of rotatable bonds is 4. The van der Waals surface area contributed by atoms with Crippen molar-refractivity contribution in [3.05, 3.63) is 0 Å². The van der Waals surface area contributed by atoms with Crippen LogP contribution in [0.3, 0.4) is 0 Å². The minimum absolute atomic E-state index is 0.343. The van der Waals surface area contributed by atoms with E-state index < -0.39 is 0 Å². The van der Waals surface area contributed by atoms with Gasteiger partial charge in [-0.2, -0.15) is 0 Å². The Morgan fingerprint density at radius 1 is 1.18 bits per heavy atom. The molecule has 0 radical (unpaired) electrons. The van der Waals surface area contributed by atoms with Crippen LogP contribution in [-0.4, -0.2) is 29.6 Å². The highest BCUT2D eigenvalue weighted by molar-refractivity contribution is 5.00. The highest BCUT2D eigenvalue weighted by atomic mass is 15.2. The zero-order valence-corrected chi connectivity index (χ0v) is 11.8. The number of likely N-dealkylation sites (N-methyl/N-ethyl adjacent to an activating group) is 1. The highest BCUT2D eigenvalue weighted by Crippen LogP contribution is 2.41. The van der Waals surface area contributed by atoms with Gasteiger partial charge in [0.15, 0.2) is 0 Å². The second kappa shape index (κ2) is 5.71. The van der Waals surface area contributed by atoms with Crippen molar-refractivity contribution in [2.75, 3.05) is 13.1 Å². The highest BCUT2D eigenvalue weighted by Gasteiger charge is 2.43. The third-order valence-electron chi connectivity index (χ3n) is 5.18. The molecular weight excluding hydrogens is 208 g/mol. The lowest BCUT2D eigenvalue weighted by molar-refractivity contribution is 0.0369. The monoisotopic (exact) mass is 238 g/mol. The Balaban J connectivity index is 2.09. The van der Waals surface area contributed by atoms with Gasteiger partial charge in [0.1, 0.15) is 0 Å². The second-order valence-electron chi connectivity index (χ2n) is 6.35. The maximum Gasteiger partial charge on any atom is 0.0337 e. The van der Waals surface area contributed by atoms with Crippen molar-refractivity contribution in [2.45, 2.75) is 76.8 Å². The first-order valence-electron chi connectivity index (χ1n) is 7.68. The van der Waals surface area contributed by atoms with E-state index in [1.165, 1.54) is 57.9 Å². The summed E-state index contributed by atoms with van der Waals surface area (Å²) in [5.74, 6) is 0.871. The van der Waals surface area contributed by atoms with E-state index >= 15 is 0 Å². The molecule has 0 saturated heterocycles. The third kappa shape index (κ3) is 2.68. The first-order chi connectivity index (χ1) is 8.22.